The van der Waals surface area contributed by atoms with Crippen molar-refractivity contribution in [3.8, 4) is 0 Å². The third kappa shape index (κ3) is 2.37. The molecule has 0 heterocycles. The van der Waals surface area contributed by atoms with Crippen LogP contribution in [0.4, 0.5) is 0 Å². The van der Waals surface area contributed by atoms with Gasteiger partial charge in [0.1, 0.15) is 6.10 Å². The normalized spacial score (nSPS) is 53.7. The summed E-state index contributed by atoms with van der Waals surface area (Å²) in [6.07, 6.45) is 9.40. The quantitative estimate of drug-likeness (QED) is 0.698. The maximum Gasteiger partial charge on any atom is 0.302 e. The molecule has 3 nitrogen and oxygen atoms in total. The lowest BCUT2D eigenvalue weighted by Gasteiger charge is -2.65. The number of hydrogen-bond acceptors (Lipinski definition) is 3. The Morgan fingerprint density at radius 1 is 1.00 bits per heavy atom. The van der Waals surface area contributed by atoms with E-state index in [-0.39, 0.29) is 17.5 Å². The number of hydrogen-bond donors (Lipinski definition) is 1. The monoisotopic (exact) mass is 348 g/mol. The average Bonchev–Trinajstić information content (AvgIpc) is 2.67. The molecule has 0 aliphatic heterocycles. The van der Waals surface area contributed by atoms with Crippen LogP contribution in [0.2, 0.25) is 0 Å². The molecule has 2 bridgehead atoms. The Morgan fingerprint density at radius 3 is 2.40 bits per heavy atom. The number of fused-ring (bicyclic) bond motifs is 3. The molecule has 3 heteroatoms. The standard InChI is InChI=1S/C22H36O3/c1-14(23)25-18-9-10-20(4)16(19(18,2)3)8-11-22-12-15(6-7-17(20)22)21(5,24)13-22/h15-18,24H,6-13H2,1-5H3. The fraction of sp³-hybridized carbons (Fsp3) is 0.955. The molecule has 1 spiro atoms. The van der Waals surface area contributed by atoms with Crippen LogP contribution in [0.3, 0.4) is 0 Å². The van der Waals surface area contributed by atoms with Gasteiger partial charge in [0.25, 0.3) is 0 Å². The van der Waals surface area contributed by atoms with Crippen LogP contribution in [0.5, 0.6) is 0 Å². The molecule has 25 heavy (non-hydrogen) atoms. The van der Waals surface area contributed by atoms with E-state index in [0.29, 0.717) is 22.7 Å². The molecule has 4 fully saturated rings. The Hall–Kier alpha value is -0.570. The van der Waals surface area contributed by atoms with Crippen LogP contribution in [0.1, 0.15) is 86.0 Å². The minimum Gasteiger partial charge on any atom is -0.462 e. The van der Waals surface area contributed by atoms with Gasteiger partial charge in [-0.3, -0.25) is 4.79 Å². The first-order valence-corrected chi connectivity index (χ1v) is 10.4. The zero-order valence-electron chi connectivity index (χ0n) is 16.7. The van der Waals surface area contributed by atoms with Crippen molar-refractivity contribution < 1.29 is 14.6 Å². The van der Waals surface area contributed by atoms with Crippen LogP contribution in [-0.2, 0) is 9.53 Å². The van der Waals surface area contributed by atoms with E-state index in [9.17, 15) is 9.90 Å². The van der Waals surface area contributed by atoms with E-state index in [1.807, 2.05) is 0 Å². The molecule has 7 unspecified atom stereocenters. The number of esters is 1. The number of carbonyl (C=O) groups excluding carboxylic acids is 1. The summed E-state index contributed by atoms with van der Waals surface area (Å²) in [5, 5.41) is 11.0. The molecule has 4 aliphatic carbocycles. The lowest BCUT2D eigenvalue weighted by Crippen LogP contribution is -2.59. The molecule has 0 saturated heterocycles. The Kier molecular flexibility index (Phi) is 3.74. The largest absolute Gasteiger partial charge is 0.462 e. The van der Waals surface area contributed by atoms with E-state index in [2.05, 4.69) is 27.7 Å². The molecule has 0 aromatic carbocycles. The molecular formula is C22H36O3. The smallest absolute Gasteiger partial charge is 0.302 e. The zero-order chi connectivity index (χ0) is 18.3. The molecule has 4 rings (SSSR count). The van der Waals surface area contributed by atoms with Gasteiger partial charge in [0, 0.05) is 12.3 Å². The Balaban J connectivity index is 1.66. The minimum absolute atomic E-state index is 0.0399. The van der Waals surface area contributed by atoms with Crippen molar-refractivity contribution in [1.29, 1.82) is 0 Å². The van der Waals surface area contributed by atoms with Gasteiger partial charge in [-0.2, -0.15) is 0 Å². The van der Waals surface area contributed by atoms with E-state index in [4.69, 9.17) is 4.74 Å². The Bertz CT molecular complexity index is 580. The van der Waals surface area contributed by atoms with Crippen LogP contribution < -0.4 is 0 Å². The molecule has 4 aliphatic rings. The summed E-state index contributed by atoms with van der Waals surface area (Å²) < 4.78 is 5.75. The highest BCUT2D eigenvalue weighted by molar-refractivity contribution is 5.66. The number of rotatable bonds is 1. The van der Waals surface area contributed by atoms with Gasteiger partial charge in [0.15, 0.2) is 0 Å². The Labute approximate surface area is 152 Å². The maximum atomic E-state index is 11.6. The van der Waals surface area contributed by atoms with Crippen molar-refractivity contribution in [1.82, 2.24) is 0 Å². The number of ether oxygens (including phenoxy) is 1. The van der Waals surface area contributed by atoms with Crippen molar-refractivity contribution in [2.75, 3.05) is 0 Å². The highest BCUT2D eigenvalue weighted by Gasteiger charge is 2.67. The van der Waals surface area contributed by atoms with Gasteiger partial charge in [0.2, 0.25) is 0 Å². The predicted octanol–water partition coefficient (Wildman–Crippen LogP) is 4.71. The second-order valence-corrected chi connectivity index (χ2v) is 11.0. The SMILES string of the molecule is CC(=O)OC1CCC2(C)C3CCC4CC3(CCC2C1(C)C)CC4(C)O. The summed E-state index contributed by atoms with van der Waals surface area (Å²) in [6.45, 7) is 10.8. The Morgan fingerprint density at radius 2 is 1.72 bits per heavy atom. The molecule has 0 aromatic heterocycles. The average molecular weight is 349 g/mol. The molecule has 7 atom stereocenters. The van der Waals surface area contributed by atoms with Gasteiger partial charge in [-0.15, -0.1) is 0 Å². The summed E-state index contributed by atoms with van der Waals surface area (Å²) in [5.41, 5.74) is 0.270. The van der Waals surface area contributed by atoms with Gasteiger partial charge >= 0.3 is 5.97 Å². The fourth-order valence-electron chi connectivity index (χ4n) is 8.41. The maximum absolute atomic E-state index is 11.6. The molecule has 0 amide bonds. The fourth-order valence-corrected chi connectivity index (χ4v) is 8.41. The van der Waals surface area contributed by atoms with Crippen molar-refractivity contribution in [2.24, 2.45) is 34.0 Å². The lowest BCUT2D eigenvalue weighted by molar-refractivity contribution is -0.197. The summed E-state index contributed by atoms with van der Waals surface area (Å²) in [6, 6.07) is 0. The van der Waals surface area contributed by atoms with Gasteiger partial charge in [-0.05, 0) is 86.9 Å². The zero-order valence-corrected chi connectivity index (χ0v) is 16.7. The minimum atomic E-state index is -0.456. The van der Waals surface area contributed by atoms with E-state index < -0.39 is 5.60 Å². The van der Waals surface area contributed by atoms with Crippen molar-refractivity contribution >= 4 is 5.97 Å². The van der Waals surface area contributed by atoms with Gasteiger partial charge < -0.3 is 9.84 Å². The van der Waals surface area contributed by atoms with Gasteiger partial charge in [0.05, 0.1) is 5.60 Å². The highest BCUT2D eigenvalue weighted by atomic mass is 16.5. The number of carbonyl (C=O) groups is 1. The van der Waals surface area contributed by atoms with Crippen molar-refractivity contribution in [3.05, 3.63) is 0 Å². The summed E-state index contributed by atoms with van der Waals surface area (Å²) in [5.74, 6) is 1.70. The first-order chi connectivity index (χ1) is 11.5. The highest BCUT2D eigenvalue weighted by Crippen LogP contribution is 2.72. The lowest BCUT2D eigenvalue weighted by atomic mass is 9.41. The second-order valence-electron chi connectivity index (χ2n) is 11.0. The van der Waals surface area contributed by atoms with Crippen LogP contribution in [0, 0.1) is 34.0 Å². The van der Waals surface area contributed by atoms with Crippen molar-refractivity contribution in [2.45, 2.75) is 97.7 Å². The van der Waals surface area contributed by atoms with E-state index in [1.165, 1.54) is 32.1 Å². The van der Waals surface area contributed by atoms with Crippen LogP contribution >= 0.6 is 0 Å². The second kappa shape index (κ2) is 5.24. The van der Waals surface area contributed by atoms with Gasteiger partial charge in [-0.1, -0.05) is 20.8 Å². The predicted molar refractivity (Wildman–Crippen MR) is 97.9 cm³/mol. The van der Waals surface area contributed by atoms with E-state index >= 15 is 0 Å². The molecular weight excluding hydrogens is 312 g/mol. The number of aliphatic hydroxyl groups is 1. The molecule has 0 aromatic rings. The molecule has 142 valence electrons. The third-order valence-electron chi connectivity index (χ3n) is 9.29. The van der Waals surface area contributed by atoms with Gasteiger partial charge in [-0.25, -0.2) is 0 Å². The molecule has 1 N–H and O–H groups in total. The van der Waals surface area contributed by atoms with Crippen molar-refractivity contribution in [3.63, 3.8) is 0 Å². The van der Waals surface area contributed by atoms with E-state index in [0.717, 1.165) is 25.2 Å². The third-order valence-corrected chi connectivity index (χ3v) is 9.29. The molecule has 4 saturated carbocycles. The van der Waals surface area contributed by atoms with Crippen LogP contribution in [0.15, 0.2) is 0 Å². The topological polar surface area (TPSA) is 46.5 Å². The first kappa shape index (κ1) is 17.8. The summed E-state index contributed by atoms with van der Waals surface area (Å²) in [4.78, 5) is 11.6. The van der Waals surface area contributed by atoms with Crippen LogP contribution in [0.25, 0.3) is 0 Å². The summed E-state index contributed by atoms with van der Waals surface area (Å²) in [7, 11) is 0. The van der Waals surface area contributed by atoms with E-state index in [1.54, 1.807) is 6.92 Å². The van der Waals surface area contributed by atoms with Crippen LogP contribution in [-0.4, -0.2) is 22.8 Å². The molecule has 0 radical (unpaired) electrons. The summed E-state index contributed by atoms with van der Waals surface area (Å²) >= 11 is 0. The first-order valence-electron chi connectivity index (χ1n) is 10.4.